The fraction of sp³-hybridized carbons (Fsp3) is 0.615. The molecule has 1 amide bonds. The lowest BCUT2D eigenvalue weighted by atomic mass is 9.94. The number of nitrogens with zero attached hydrogens (tertiary/aromatic N) is 2. The first-order chi connectivity index (χ1) is 8.65. The van der Waals surface area contributed by atoms with Crippen LogP contribution in [-0.2, 0) is 11.3 Å². The lowest BCUT2D eigenvalue weighted by molar-refractivity contribution is -0.124. The number of hydrogen-bond donors (Lipinski definition) is 2. The molecule has 0 bridgehead atoms. The van der Waals surface area contributed by atoms with Crippen LogP contribution in [0.25, 0.3) is 0 Å². The van der Waals surface area contributed by atoms with Gasteiger partial charge in [-0.25, -0.2) is 0 Å². The van der Waals surface area contributed by atoms with Gasteiger partial charge in [0.25, 0.3) is 0 Å². The van der Waals surface area contributed by atoms with Gasteiger partial charge in [0.1, 0.15) is 0 Å². The van der Waals surface area contributed by atoms with Crippen LogP contribution in [0.5, 0.6) is 0 Å². The molecule has 98 valence electrons. The highest BCUT2D eigenvalue weighted by atomic mass is 16.2. The number of hydrogen-bond acceptors (Lipinski definition) is 4. The largest absolute Gasteiger partial charge is 0.349 e. The van der Waals surface area contributed by atoms with E-state index in [0.29, 0.717) is 12.5 Å². The monoisotopic (exact) mass is 248 g/mol. The third-order valence-corrected chi connectivity index (χ3v) is 3.26. The summed E-state index contributed by atoms with van der Waals surface area (Å²) in [4.78, 5) is 20.3. The van der Waals surface area contributed by atoms with Crippen molar-refractivity contribution < 1.29 is 4.79 Å². The molecule has 2 heterocycles. The van der Waals surface area contributed by atoms with Gasteiger partial charge in [-0.1, -0.05) is 6.92 Å². The molecule has 5 heteroatoms. The van der Waals surface area contributed by atoms with E-state index in [4.69, 9.17) is 0 Å². The number of nitrogens with one attached hydrogen (secondary N) is 2. The van der Waals surface area contributed by atoms with Crippen LogP contribution in [0.2, 0.25) is 0 Å². The Balaban J connectivity index is 1.82. The second kappa shape index (κ2) is 5.91. The molecule has 1 aromatic heterocycles. The Bertz CT molecular complexity index is 404. The molecule has 1 aliphatic rings. The summed E-state index contributed by atoms with van der Waals surface area (Å²) in [6.45, 7) is 5.44. The standard InChI is InChI=1S/C13H20N4O/c1-9-3-4-14-12(5-9)13(18)17-8-11-7-15-10(2)6-16-11/h6-7,9,12,14H,3-5,8H2,1-2H3,(H,17,18). The minimum Gasteiger partial charge on any atom is -0.349 e. The average Bonchev–Trinajstić information content (AvgIpc) is 2.38. The molecule has 0 spiro atoms. The Kier molecular flexibility index (Phi) is 4.25. The molecule has 0 radical (unpaired) electrons. The molecule has 0 aromatic carbocycles. The van der Waals surface area contributed by atoms with E-state index < -0.39 is 0 Å². The van der Waals surface area contributed by atoms with Crippen LogP contribution in [-0.4, -0.2) is 28.5 Å². The summed E-state index contributed by atoms with van der Waals surface area (Å²) < 4.78 is 0. The maximum absolute atomic E-state index is 12.0. The topological polar surface area (TPSA) is 66.9 Å². The second-order valence-corrected chi connectivity index (χ2v) is 5.00. The van der Waals surface area contributed by atoms with Gasteiger partial charge in [-0.05, 0) is 32.2 Å². The van der Waals surface area contributed by atoms with E-state index >= 15 is 0 Å². The molecule has 1 aliphatic heterocycles. The summed E-state index contributed by atoms with van der Waals surface area (Å²) >= 11 is 0. The lowest BCUT2D eigenvalue weighted by Crippen LogP contribution is -2.48. The number of piperidine rings is 1. The fourth-order valence-corrected chi connectivity index (χ4v) is 2.12. The summed E-state index contributed by atoms with van der Waals surface area (Å²) in [5.41, 5.74) is 1.67. The van der Waals surface area contributed by atoms with Gasteiger partial charge in [0, 0.05) is 6.20 Å². The summed E-state index contributed by atoms with van der Waals surface area (Å²) in [6.07, 6.45) is 5.47. The highest BCUT2D eigenvalue weighted by Gasteiger charge is 2.24. The van der Waals surface area contributed by atoms with Crippen molar-refractivity contribution in [2.24, 2.45) is 5.92 Å². The summed E-state index contributed by atoms with van der Waals surface area (Å²) in [6, 6.07) is -0.0628. The number of carbonyl (C=O) groups is 1. The van der Waals surface area contributed by atoms with Crippen LogP contribution < -0.4 is 10.6 Å². The Labute approximate surface area is 107 Å². The molecule has 2 unspecified atom stereocenters. The number of aromatic nitrogens is 2. The molecule has 0 aliphatic carbocycles. The van der Waals surface area contributed by atoms with E-state index in [-0.39, 0.29) is 11.9 Å². The van der Waals surface area contributed by atoms with Crippen LogP contribution >= 0.6 is 0 Å². The minimum absolute atomic E-state index is 0.0592. The maximum Gasteiger partial charge on any atom is 0.237 e. The molecule has 1 saturated heterocycles. The van der Waals surface area contributed by atoms with Crippen molar-refractivity contribution in [1.29, 1.82) is 0 Å². The van der Waals surface area contributed by atoms with E-state index in [0.717, 1.165) is 30.8 Å². The average molecular weight is 248 g/mol. The Hall–Kier alpha value is -1.49. The zero-order valence-corrected chi connectivity index (χ0v) is 10.9. The predicted molar refractivity (Wildman–Crippen MR) is 68.8 cm³/mol. The third kappa shape index (κ3) is 3.50. The van der Waals surface area contributed by atoms with E-state index in [1.54, 1.807) is 12.4 Å². The number of amides is 1. The number of aryl methyl sites for hydroxylation is 1. The normalized spacial score (nSPS) is 23.7. The first kappa shape index (κ1) is 13.0. The Morgan fingerprint density at radius 1 is 1.50 bits per heavy atom. The summed E-state index contributed by atoms with van der Waals surface area (Å²) in [5.74, 6) is 0.671. The van der Waals surface area contributed by atoms with Crippen LogP contribution in [0, 0.1) is 12.8 Å². The van der Waals surface area contributed by atoms with E-state index in [1.165, 1.54) is 0 Å². The Morgan fingerprint density at radius 2 is 2.33 bits per heavy atom. The molecule has 1 aromatic rings. The van der Waals surface area contributed by atoms with Crippen molar-refractivity contribution in [2.75, 3.05) is 6.54 Å². The molecule has 2 rings (SSSR count). The minimum atomic E-state index is -0.0628. The van der Waals surface area contributed by atoms with Gasteiger partial charge in [-0.3, -0.25) is 14.8 Å². The van der Waals surface area contributed by atoms with Gasteiger partial charge in [0.05, 0.1) is 30.2 Å². The van der Waals surface area contributed by atoms with Gasteiger partial charge in [0.2, 0.25) is 5.91 Å². The van der Waals surface area contributed by atoms with Gasteiger partial charge in [-0.15, -0.1) is 0 Å². The summed E-state index contributed by atoms with van der Waals surface area (Å²) in [5, 5.41) is 6.15. The zero-order chi connectivity index (χ0) is 13.0. The first-order valence-corrected chi connectivity index (χ1v) is 6.44. The van der Waals surface area contributed by atoms with Crippen molar-refractivity contribution in [3.63, 3.8) is 0 Å². The molecule has 0 saturated carbocycles. The molecular weight excluding hydrogens is 228 g/mol. The van der Waals surface area contributed by atoms with Crippen molar-refractivity contribution in [2.45, 2.75) is 39.3 Å². The Morgan fingerprint density at radius 3 is 3.00 bits per heavy atom. The van der Waals surface area contributed by atoms with Crippen LogP contribution in [0.15, 0.2) is 12.4 Å². The smallest absolute Gasteiger partial charge is 0.237 e. The fourth-order valence-electron chi connectivity index (χ4n) is 2.12. The molecule has 2 atom stereocenters. The zero-order valence-electron chi connectivity index (χ0n) is 10.9. The van der Waals surface area contributed by atoms with E-state index in [9.17, 15) is 4.79 Å². The van der Waals surface area contributed by atoms with Gasteiger partial charge in [0.15, 0.2) is 0 Å². The second-order valence-electron chi connectivity index (χ2n) is 5.00. The summed E-state index contributed by atoms with van der Waals surface area (Å²) in [7, 11) is 0. The van der Waals surface area contributed by atoms with E-state index in [1.807, 2.05) is 6.92 Å². The van der Waals surface area contributed by atoms with Crippen LogP contribution in [0.1, 0.15) is 31.2 Å². The van der Waals surface area contributed by atoms with Crippen molar-refractivity contribution >= 4 is 5.91 Å². The molecule has 5 nitrogen and oxygen atoms in total. The number of rotatable bonds is 3. The van der Waals surface area contributed by atoms with Crippen LogP contribution in [0.4, 0.5) is 0 Å². The molecule has 2 N–H and O–H groups in total. The highest BCUT2D eigenvalue weighted by molar-refractivity contribution is 5.81. The SMILES string of the molecule is Cc1cnc(CNC(=O)C2CC(C)CCN2)cn1. The van der Waals surface area contributed by atoms with Gasteiger partial charge >= 0.3 is 0 Å². The predicted octanol–water partition coefficient (Wildman–Crippen LogP) is 0.789. The maximum atomic E-state index is 12.0. The number of carbonyl (C=O) groups excluding carboxylic acids is 1. The molecule has 18 heavy (non-hydrogen) atoms. The molecule has 1 fully saturated rings. The quantitative estimate of drug-likeness (QED) is 0.830. The van der Waals surface area contributed by atoms with E-state index in [2.05, 4.69) is 27.5 Å². The van der Waals surface area contributed by atoms with Crippen LogP contribution in [0.3, 0.4) is 0 Å². The lowest BCUT2D eigenvalue weighted by Gasteiger charge is -2.27. The molecular formula is C13H20N4O. The van der Waals surface area contributed by atoms with Crippen molar-refractivity contribution in [3.05, 3.63) is 23.8 Å². The van der Waals surface area contributed by atoms with Gasteiger partial charge < -0.3 is 10.6 Å². The van der Waals surface area contributed by atoms with Crippen molar-refractivity contribution in [3.8, 4) is 0 Å². The third-order valence-electron chi connectivity index (χ3n) is 3.26. The van der Waals surface area contributed by atoms with Gasteiger partial charge in [-0.2, -0.15) is 0 Å². The van der Waals surface area contributed by atoms with Crippen molar-refractivity contribution in [1.82, 2.24) is 20.6 Å². The highest BCUT2D eigenvalue weighted by Crippen LogP contribution is 2.14. The first-order valence-electron chi connectivity index (χ1n) is 6.44.